The molecule has 2 aromatic rings. The first-order valence-electron chi connectivity index (χ1n) is 6.12. The fourth-order valence-corrected chi connectivity index (χ4v) is 2.03. The molecule has 0 fully saturated rings. The Balaban J connectivity index is 2.45. The monoisotopic (exact) mass is 262 g/mol. The van der Waals surface area contributed by atoms with Crippen molar-refractivity contribution in [2.75, 3.05) is 14.2 Å². The van der Waals surface area contributed by atoms with Crippen LogP contribution in [0.3, 0.4) is 0 Å². The lowest BCUT2D eigenvalue weighted by molar-refractivity contribution is 0.199. The molecule has 102 valence electrons. The van der Waals surface area contributed by atoms with Crippen molar-refractivity contribution < 1.29 is 14.6 Å². The summed E-state index contributed by atoms with van der Waals surface area (Å²) in [6.45, 7) is 2.75. The zero-order chi connectivity index (χ0) is 13.8. The topological polar surface area (TPSA) is 56.5 Å². The van der Waals surface area contributed by atoms with Gasteiger partial charge in [-0.25, -0.2) is 4.98 Å². The van der Waals surface area contributed by atoms with E-state index in [9.17, 15) is 5.11 Å². The summed E-state index contributed by atoms with van der Waals surface area (Å²) in [5.74, 6) is 1.87. The van der Waals surface area contributed by atoms with Crippen LogP contribution < -0.4 is 9.47 Å². The van der Waals surface area contributed by atoms with E-state index in [0.29, 0.717) is 22.9 Å². The van der Waals surface area contributed by atoms with E-state index in [1.165, 1.54) is 0 Å². The lowest BCUT2D eigenvalue weighted by Crippen LogP contribution is -2.10. The fraction of sp³-hybridized carbons (Fsp3) is 0.357. The molecule has 0 aliphatic carbocycles. The maximum Gasteiger partial charge on any atom is 0.142 e. The van der Waals surface area contributed by atoms with E-state index in [4.69, 9.17) is 9.47 Å². The Morgan fingerprint density at radius 1 is 1.32 bits per heavy atom. The van der Waals surface area contributed by atoms with Crippen LogP contribution in [0.4, 0.5) is 0 Å². The quantitative estimate of drug-likeness (QED) is 0.895. The third-order valence-electron chi connectivity index (χ3n) is 3.06. The van der Waals surface area contributed by atoms with E-state index in [1.54, 1.807) is 38.6 Å². The summed E-state index contributed by atoms with van der Waals surface area (Å²) in [5.41, 5.74) is 0.641. The minimum atomic E-state index is -0.847. The molecule has 1 N–H and O–H groups in total. The van der Waals surface area contributed by atoms with Gasteiger partial charge < -0.3 is 19.1 Å². The number of aryl methyl sites for hydroxylation is 1. The highest BCUT2D eigenvalue weighted by atomic mass is 16.5. The van der Waals surface area contributed by atoms with Crippen LogP contribution in [0.25, 0.3) is 0 Å². The minimum absolute atomic E-state index is 0.592. The van der Waals surface area contributed by atoms with Gasteiger partial charge in [0, 0.05) is 24.5 Å². The van der Waals surface area contributed by atoms with Crippen molar-refractivity contribution >= 4 is 0 Å². The molecule has 1 aromatic heterocycles. The molecule has 0 unspecified atom stereocenters. The minimum Gasteiger partial charge on any atom is -0.497 e. The molecule has 5 nitrogen and oxygen atoms in total. The number of imidazole rings is 1. The summed E-state index contributed by atoms with van der Waals surface area (Å²) in [6.07, 6.45) is 2.67. The zero-order valence-corrected chi connectivity index (χ0v) is 11.3. The van der Waals surface area contributed by atoms with Crippen molar-refractivity contribution in [2.45, 2.75) is 19.6 Å². The molecule has 0 saturated carbocycles. The van der Waals surface area contributed by atoms with Gasteiger partial charge in [-0.1, -0.05) is 0 Å². The molecule has 0 amide bonds. The summed E-state index contributed by atoms with van der Waals surface area (Å²) in [7, 11) is 3.16. The van der Waals surface area contributed by atoms with E-state index >= 15 is 0 Å². The highest BCUT2D eigenvalue weighted by Crippen LogP contribution is 2.32. The Morgan fingerprint density at radius 3 is 2.74 bits per heavy atom. The smallest absolute Gasteiger partial charge is 0.142 e. The second-order valence-corrected chi connectivity index (χ2v) is 4.08. The average Bonchev–Trinajstić information content (AvgIpc) is 2.94. The number of hydrogen-bond donors (Lipinski definition) is 1. The summed E-state index contributed by atoms with van der Waals surface area (Å²) in [6, 6.07) is 5.33. The molecule has 0 spiro atoms. The third kappa shape index (κ3) is 2.56. The number of methoxy groups -OCH3 is 2. The molecule has 0 bridgehead atoms. The van der Waals surface area contributed by atoms with Crippen LogP contribution in [0, 0.1) is 0 Å². The van der Waals surface area contributed by atoms with Crippen molar-refractivity contribution in [1.82, 2.24) is 9.55 Å². The predicted molar refractivity (Wildman–Crippen MR) is 71.5 cm³/mol. The highest BCUT2D eigenvalue weighted by molar-refractivity contribution is 5.43. The molecular formula is C14H18N2O3. The second-order valence-electron chi connectivity index (χ2n) is 4.08. The van der Waals surface area contributed by atoms with Crippen LogP contribution in [-0.2, 0) is 6.54 Å². The molecule has 0 saturated heterocycles. The molecule has 0 radical (unpaired) electrons. The van der Waals surface area contributed by atoms with Crippen LogP contribution in [0.1, 0.15) is 24.4 Å². The van der Waals surface area contributed by atoms with E-state index in [2.05, 4.69) is 4.98 Å². The Hall–Kier alpha value is -2.01. The number of aliphatic hydroxyl groups excluding tert-OH is 1. The van der Waals surface area contributed by atoms with E-state index in [1.807, 2.05) is 17.7 Å². The zero-order valence-electron chi connectivity index (χ0n) is 11.3. The van der Waals surface area contributed by atoms with E-state index < -0.39 is 6.10 Å². The maximum atomic E-state index is 10.5. The Labute approximate surface area is 112 Å². The van der Waals surface area contributed by atoms with Gasteiger partial charge in [0.2, 0.25) is 0 Å². The van der Waals surface area contributed by atoms with Crippen LogP contribution in [0.5, 0.6) is 11.5 Å². The van der Waals surface area contributed by atoms with Gasteiger partial charge in [0.1, 0.15) is 23.4 Å². The van der Waals surface area contributed by atoms with Gasteiger partial charge in [0.25, 0.3) is 0 Å². The van der Waals surface area contributed by atoms with Crippen molar-refractivity contribution in [1.29, 1.82) is 0 Å². The SMILES string of the molecule is CCn1ccnc1[C@H](O)c1cc(OC)ccc1OC. The molecule has 2 rings (SSSR count). The van der Waals surface area contributed by atoms with Crippen molar-refractivity contribution in [3.05, 3.63) is 42.0 Å². The van der Waals surface area contributed by atoms with Crippen LogP contribution in [0.15, 0.2) is 30.6 Å². The molecule has 1 aromatic carbocycles. The number of aromatic nitrogens is 2. The van der Waals surface area contributed by atoms with E-state index in [0.717, 1.165) is 6.54 Å². The molecule has 19 heavy (non-hydrogen) atoms. The van der Waals surface area contributed by atoms with Crippen LogP contribution in [-0.4, -0.2) is 28.9 Å². The summed E-state index contributed by atoms with van der Waals surface area (Å²) >= 11 is 0. The molecular weight excluding hydrogens is 244 g/mol. The van der Waals surface area contributed by atoms with Crippen molar-refractivity contribution in [3.8, 4) is 11.5 Å². The lowest BCUT2D eigenvalue weighted by Gasteiger charge is -2.16. The molecule has 1 heterocycles. The summed E-state index contributed by atoms with van der Waals surface area (Å²) in [5, 5.41) is 10.5. The fourth-order valence-electron chi connectivity index (χ4n) is 2.03. The van der Waals surface area contributed by atoms with Gasteiger partial charge in [-0.05, 0) is 25.1 Å². The average molecular weight is 262 g/mol. The number of rotatable bonds is 5. The summed E-state index contributed by atoms with van der Waals surface area (Å²) < 4.78 is 12.4. The first kappa shape index (κ1) is 13.4. The van der Waals surface area contributed by atoms with E-state index in [-0.39, 0.29) is 0 Å². The normalized spacial score (nSPS) is 12.2. The molecule has 1 atom stereocenters. The molecule has 0 aliphatic heterocycles. The van der Waals surface area contributed by atoms with Gasteiger partial charge in [0.15, 0.2) is 0 Å². The number of aliphatic hydroxyl groups is 1. The Bertz CT molecular complexity index is 551. The highest BCUT2D eigenvalue weighted by Gasteiger charge is 2.20. The van der Waals surface area contributed by atoms with Crippen LogP contribution >= 0.6 is 0 Å². The third-order valence-corrected chi connectivity index (χ3v) is 3.06. The molecule has 0 aliphatic rings. The lowest BCUT2D eigenvalue weighted by atomic mass is 10.1. The van der Waals surface area contributed by atoms with Gasteiger partial charge in [-0.3, -0.25) is 0 Å². The standard InChI is InChI=1S/C14H18N2O3/c1-4-16-8-7-15-14(16)13(17)11-9-10(18-2)5-6-12(11)19-3/h5-9,13,17H,4H2,1-3H3/t13-/m1/s1. The van der Waals surface area contributed by atoms with Crippen molar-refractivity contribution in [2.24, 2.45) is 0 Å². The first-order chi connectivity index (χ1) is 9.21. The second kappa shape index (κ2) is 5.75. The van der Waals surface area contributed by atoms with Gasteiger partial charge >= 0.3 is 0 Å². The van der Waals surface area contributed by atoms with Crippen LogP contribution in [0.2, 0.25) is 0 Å². The van der Waals surface area contributed by atoms with Gasteiger partial charge in [-0.15, -0.1) is 0 Å². The predicted octanol–water partition coefficient (Wildman–Crippen LogP) is 2.00. The number of ether oxygens (including phenoxy) is 2. The van der Waals surface area contributed by atoms with Crippen molar-refractivity contribution in [3.63, 3.8) is 0 Å². The van der Waals surface area contributed by atoms with Gasteiger partial charge in [0.05, 0.1) is 14.2 Å². The first-order valence-corrected chi connectivity index (χ1v) is 6.12. The number of hydrogen-bond acceptors (Lipinski definition) is 4. The number of benzene rings is 1. The Kier molecular flexibility index (Phi) is 4.06. The Morgan fingerprint density at radius 2 is 2.11 bits per heavy atom. The molecule has 5 heteroatoms. The van der Waals surface area contributed by atoms with Gasteiger partial charge in [-0.2, -0.15) is 0 Å². The number of nitrogens with zero attached hydrogens (tertiary/aromatic N) is 2. The summed E-state index contributed by atoms with van der Waals surface area (Å²) in [4.78, 5) is 4.21. The largest absolute Gasteiger partial charge is 0.497 e. The maximum absolute atomic E-state index is 10.5.